The molecule has 1 aromatic heterocycles. The summed E-state index contributed by atoms with van der Waals surface area (Å²) >= 11 is 0. The molecule has 1 saturated carbocycles. The molecule has 1 aliphatic carbocycles. The molecule has 150 valence electrons. The summed E-state index contributed by atoms with van der Waals surface area (Å²) in [4.78, 5) is 18.3. The molecule has 0 bridgehead atoms. The summed E-state index contributed by atoms with van der Waals surface area (Å²) in [5.41, 5.74) is 0. The van der Waals surface area contributed by atoms with E-state index in [0.717, 1.165) is 18.7 Å². The highest BCUT2D eigenvalue weighted by Crippen LogP contribution is 2.27. The largest absolute Gasteiger partial charge is 0.356 e. The van der Waals surface area contributed by atoms with Gasteiger partial charge in [-0.2, -0.15) is 4.31 Å². The van der Waals surface area contributed by atoms with E-state index < -0.39 is 10.0 Å². The minimum atomic E-state index is -3.27. The van der Waals surface area contributed by atoms with Crippen LogP contribution in [0.5, 0.6) is 0 Å². The molecule has 8 heteroatoms. The molecule has 1 amide bonds. The Kier molecular flexibility index (Phi) is 7.07. The van der Waals surface area contributed by atoms with E-state index in [4.69, 9.17) is 0 Å². The van der Waals surface area contributed by atoms with Crippen molar-refractivity contribution in [1.82, 2.24) is 14.6 Å². The van der Waals surface area contributed by atoms with Gasteiger partial charge in [-0.05, 0) is 37.3 Å². The quantitative estimate of drug-likeness (QED) is 0.678. The minimum absolute atomic E-state index is 0.0586. The first-order valence-electron chi connectivity index (χ1n) is 9.95. The highest BCUT2D eigenvalue weighted by atomic mass is 32.2. The zero-order valence-electron chi connectivity index (χ0n) is 15.8. The number of rotatable bonds is 8. The normalized spacial score (nSPS) is 19.3. The molecule has 27 heavy (non-hydrogen) atoms. The lowest BCUT2D eigenvalue weighted by atomic mass is 10.0. The van der Waals surface area contributed by atoms with E-state index in [1.807, 2.05) is 18.2 Å². The lowest BCUT2D eigenvalue weighted by molar-refractivity contribution is -0.121. The van der Waals surface area contributed by atoms with Crippen LogP contribution in [0.2, 0.25) is 0 Å². The smallest absolute Gasteiger partial charge is 0.220 e. The van der Waals surface area contributed by atoms with Crippen LogP contribution in [0.25, 0.3) is 0 Å². The Morgan fingerprint density at radius 2 is 1.89 bits per heavy atom. The molecule has 0 atom stereocenters. The summed E-state index contributed by atoms with van der Waals surface area (Å²) in [6, 6.07) is 5.75. The second-order valence-corrected chi connectivity index (χ2v) is 9.54. The zero-order valence-corrected chi connectivity index (χ0v) is 16.7. The van der Waals surface area contributed by atoms with Gasteiger partial charge in [0.25, 0.3) is 0 Å². The zero-order chi connectivity index (χ0) is 19.1. The van der Waals surface area contributed by atoms with E-state index in [2.05, 4.69) is 15.2 Å². The molecule has 1 aromatic rings. The van der Waals surface area contributed by atoms with Crippen LogP contribution >= 0.6 is 0 Å². The summed E-state index contributed by atoms with van der Waals surface area (Å²) in [6.07, 6.45) is 7.53. The van der Waals surface area contributed by atoms with Crippen LogP contribution in [0.15, 0.2) is 24.4 Å². The van der Waals surface area contributed by atoms with Gasteiger partial charge in [0, 0.05) is 45.3 Å². The Labute approximate surface area is 162 Å². The van der Waals surface area contributed by atoms with E-state index >= 15 is 0 Å². The fourth-order valence-corrected chi connectivity index (χ4v) is 5.38. The maximum absolute atomic E-state index is 12.5. The average molecular weight is 395 g/mol. The number of pyridine rings is 1. The van der Waals surface area contributed by atoms with E-state index in [-0.39, 0.29) is 11.7 Å². The molecule has 0 aromatic carbocycles. The van der Waals surface area contributed by atoms with Crippen LogP contribution in [0, 0.1) is 5.92 Å². The van der Waals surface area contributed by atoms with Crippen molar-refractivity contribution in [1.29, 1.82) is 0 Å². The van der Waals surface area contributed by atoms with Gasteiger partial charge in [0.15, 0.2) is 0 Å². The van der Waals surface area contributed by atoms with Crippen molar-refractivity contribution in [2.45, 2.75) is 38.5 Å². The Bertz CT molecular complexity index is 697. The molecule has 0 radical (unpaired) electrons. The van der Waals surface area contributed by atoms with Gasteiger partial charge >= 0.3 is 0 Å². The van der Waals surface area contributed by atoms with Crippen LogP contribution < -0.4 is 10.2 Å². The summed E-state index contributed by atoms with van der Waals surface area (Å²) < 4.78 is 26.6. The van der Waals surface area contributed by atoms with Crippen LogP contribution in [0.4, 0.5) is 5.82 Å². The number of carbonyl (C=O) groups is 1. The first-order chi connectivity index (χ1) is 13.0. The summed E-state index contributed by atoms with van der Waals surface area (Å²) in [7, 11) is -3.27. The van der Waals surface area contributed by atoms with Crippen LogP contribution in [0.1, 0.15) is 38.5 Å². The molecule has 1 N–H and O–H groups in total. The number of nitrogens with one attached hydrogen (secondary N) is 1. The number of hydrogen-bond donors (Lipinski definition) is 1. The predicted octanol–water partition coefficient (Wildman–Crippen LogP) is 1.62. The molecule has 1 aliphatic heterocycles. The number of aromatic nitrogens is 1. The average Bonchev–Trinajstić information content (AvgIpc) is 3.19. The number of anilines is 1. The molecule has 2 aliphatic rings. The van der Waals surface area contributed by atoms with Gasteiger partial charge in [-0.25, -0.2) is 13.4 Å². The Morgan fingerprint density at radius 3 is 2.56 bits per heavy atom. The van der Waals surface area contributed by atoms with Crippen LogP contribution in [-0.4, -0.2) is 62.1 Å². The van der Waals surface area contributed by atoms with Gasteiger partial charge in [0.1, 0.15) is 5.82 Å². The lowest BCUT2D eigenvalue weighted by Gasteiger charge is -2.34. The summed E-state index contributed by atoms with van der Waals surface area (Å²) in [5, 5.41) is 2.88. The third-order valence-electron chi connectivity index (χ3n) is 5.46. The second kappa shape index (κ2) is 9.50. The van der Waals surface area contributed by atoms with Gasteiger partial charge < -0.3 is 10.2 Å². The third-order valence-corrected chi connectivity index (χ3v) is 7.41. The van der Waals surface area contributed by atoms with E-state index in [0.29, 0.717) is 51.5 Å². The number of nitrogens with zero attached hydrogens (tertiary/aromatic N) is 3. The predicted molar refractivity (Wildman–Crippen MR) is 106 cm³/mol. The van der Waals surface area contributed by atoms with Crippen molar-refractivity contribution in [2.24, 2.45) is 5.92 Å². The van der Waals surface area contributed by atoms with Gasteiger partial charge in [0.05, 0.1) is 5.75 Å². The topological polar surface area (TPSA) is 82.6 Å². The maximum Gasteiger partial charge on any atom is 0.220 e. The summed E-state index contributed by atoms with van der Waals surface area (Å²) in [6.45, 7) is 2.68. The monoisotopic (exact) mass is 394 g/mol. The maximum atomic E-state index is 12.5. The molecular formula is C19H30N4O3S. The third kappa shape index (κ3) is 5.90. The molecular weight excluding hydrogens is 364 g/mol. The van der Waals surface area contributed by atoms with Crippen molar-refractivity contribution in [2.75, 3.05) is 43.4 Å². The standard InChI is InChI=1S/C19H30N4O3S/c24-19(16-17-6-1-2-7-17)21-10-5-15-27(25,26)23-13-11-22(12-14-23)18-8-3-4-9-20-18/h3-4,8-9,17H,1-2,5-7,10-16H2,(H,21,24). The van der Waals surface area contributed by atoms with Gasteiger partial charge in [-0.3, -0.25) is 4.79 Å². The van der Waals surface area contributed by atoms with Crippen molar-refractivity contribution >= 4 is 21.7 Å². The Balaban J connectivity index is 1.35. The second-order valence-electron chi connectivity index (χ2n) is 7.45. The van der Waals surface area contributed by atoms with E-state index in [9.17, 15) is 13.2 Å². The van der Waals surface area contributed by atoms with Gasteiger partial charge in [-0.1, -0.05) is 18.9 Å². The molecule has 2 fully saturated rings. The Hall–Kier alpha value is -1.67. The molecule has 0 unspecified atom stereocenters. The van der Waals surface area contributed by atoms with Crippen molar-refractivity contribution < 1.29 is 13.2 Å². The number of sulfonamides is 1. The van der Waals surface area contributed by atoms with Crippen LogP contribution in [-0.2, 0) is 14.8 Å². The van der Waals surface area contributed by atoms with Crippen molar-refractivity contribution in [3.05, 3.63) is 24.4 Å². The number of amides is 1. The van der Waals surface area contributed by atoms with Crippen molar-refractivity contribution in [3.8, 4) is 0 Å². The molecule has 0 spiro atoms. The van der Waals surface area contributed by atoms with Gasteiger partial charge in [0.2, 0.25) is 15.9 Å². The lowest BCUT2D eigenvalue weighted by Crippen LogP contribution is -2.49. The Morgan fingerprint density at radius 1 is 1.15 bits per heavy atom. The number of hydrogen-bond acceptors (Lipinski definition) is 5. The summed E-state index contributed by atoms with van der Waals surface area (Å²) in [5.74, 6) is 1.55. The molecule has 2 heterocycles. The SMILES string of the molecule is O=C(CC1CCCC1)NCCCS(=O)(=O)N1CCN(c2ccccn2)CC1. The number of carbonyl (C=O) groups excluding carboxylic acids is 1. The van der Waals surface area contributed by atoms with Gasteiger partial charge in [-0.15, -0.1) is 0 Å². The van der Waals surface area contributed by atoms with Crippen molar-refractivity contribution in [3.63, 3.8) is 0 Å². The highest BCUT2D eigenvalue weighted by Gasteiger charge is 2.27. The molecule has 3 rings (SSSR count). The fraction of sp³-hybridized carbons (Fsp3) is 0.684. The van der Waals surface area contributed by atoms with Crippen LogP contribution in [0.3, 0.4) is 0 Å². The molecule has 1 saturated heterocycles. The minimum Gasteiger partial charge on any atom is -0.356 e. The van der Waals surface area contributed by atoms with E-state index in [1.165, 1.54) is 12.8 Å². The highest BCUT2D eigenvalue weighted by molar-refractivity contribution is 7.89. The first-order valence-corrected chi connectivity index (χ1v) is 11.6. The fourth-order valence-electron chi connectivity index (χ4n) is 3.90. The number of piperazine rings is 1. The first kappa shape index (κ1) is 20.1. The molecule has 7 nitrogen and oxygen atoms in total. The van der Waals surface area contributed by atoms with E-state index in [1.54, 1.807) is 10.5 Å².